The minimum atomic E-state index is -0.342. The van der Waals surface area contributed by atoms with E-state index in [1.165, 1.54) is 12.1 Å². The molecular weight excluding hydrogens is 271 g/mol. The van der Waals surface area contributed by atoms with Crippen LogP contribution in [0.25, 0.3) is 0 Å². The van der Waals surface area contributed by atoms with Crippen molar-refractivity contribution in [2.75, 3.05) is 0 Å². The van der Waals surface area contributed by atoms with Gasteiger partial charge in [-0.05, 0) is 40.2 Å². The lowest BCUT2D eigenvalue weighted by atomic mass is 10.2. The molecule has 16 heavy (non-hydrogen) atoms. The molecule has 82 valence electrons. The molecule has 0 radical (unpaired) electrons. The summed E-state index contributed by atoms with van der Waals surface area (Å²) in [4.78, 5) is 0. The van der Waals surface area contributed by atoms with Gasteiger partial charge >= 0.3 is 0 Å². The fraction of sp³-hybridized carbons (Fsp3) is 0.0769. The average Bonchev–Trinajstić information content (AvgIpc) is 2.30. The summed E-state index contributed by atoms with van der Waals surface area (Å²) in [7, 11) is 0. The Morgan fingerprint density at radius 2 is 1.75 bits per heavy atom. The highest BCUT2D eigenvalue weighted by Crippen LogP contribution is 2.26. The van der Waals surface area contributed by atoms with Crippen LogP contribution >= 0.6 is 15.9 Å². The molecule has 0 amide bonds. The van der Waals surface area contributed by atoms with Crippen LogP contribution in [0.2, 0.25) is 0 Å². The Hall–Kier alpha value is -1.35. The van der Waals surface area contributed by atoms with E-state index in [9.17, 15) is 4.39 Å². The summed E-state index contributed by atoms with van der Waals surface area (Å²) in [5.41, 5.74) is 0.754. The predicted octanol–water partition coefficient (Wildman–Crippen LogP) is 4.30. The smallest absolute Gasteiger partial charge is 0.178 e. The van der Waals surface area contributed by atoms with Gasteiger partial charge < -0.3 is 4.74 Å². The van der Waals surface area contributed by atoms with Gasteiger partial charge in [0.05, 0.1) is 0 Å². The lowest BCUT2D eigenvalue weighted by molar-refractivity contribution is 0.301. The van der Waals surface area contributed by atoms with Gasteiger partial charge in [-0.1, -0.05) is 30.3 Å². The van der Waals surface area contributed by atoms with Crippen molar-refractivity contribution in [3.8, 4) is 5.75 Å². The molecule has 0 saturated heterocycles. The van der Waals surface area contributed by atoms with Crippen molar-refractivity contribution in [2.45, 2.75) is 5.01 Å². The Kier molecular flexibility index (Phi) is 3.57. The monoisotopic (exact) mass is 280 g/mol. The molecule has 0 aliphatic heterocycles. The molecule has 0 saturated carbocycles. The van der Waals surface area contributed by atoms with Crippen LogP contribution in [0.15, 0.2) is 54.6 Å². The van der Waals surface area contributed by atoms with E-state index >= 15 is 0 Å². The molecule has 0 N–H and O–H groups in total. The highest BCUT2D eigenvalue weighted by molar-refractivity contribution is 9.09. The standard InChI is InChI=1S/C13H10BrFO/c14-13(10-5-4-6-11(15)9-10)16-12-7-2-1-3-8-12/h1-9,13H. The second-order valence-corrected chi connectivity index (χ2v) is 4.13. The van der Waals surface area contributed by atoms with Gasteiger partial charge in [0.15, 0.2) is 5.01 Å². The fourth-order valence-corrected chi connectivity index (χ4v) is 1.83. The first kappa shape index (κ1) is 11.1. The number of rotatable bonds is 3. The van der Waals surface area contributed by atoms with Crippen LogP contribution in [-0.2, 0) is 0 Å². The molecule has 2 aromatic rings. The third-order valence-corrected chi connectivity index (χ3v) is 2.81. The molecule has 1 atom stereocenters. The molecule has 1 unspecified atom stereocenters. The molecule has 0 spiro atoms. The molecule has 0 bridgehead atoms. The van der Waals surface area contributed by atoms with Crippen molar-refractivity contribution in [1.82, 2.24) is 0 Å². The predicted molar refractivity (Wildman–Crippen MR) is 65.1 cm³/mol. The van der Waals surface area contributed by atoms with Gasteiger partial charge in [-0.3, -0.25) is 0 Å². The molecular formula is C13H10BrFO. The zero-order valence-electron chi connectivity index (χ0n) is 8.44. The van der Waals surface area contributed by atoms with Crippen molar-refractivity contribution >= 4 is 15.9 Å². The molecule has 1 nitrogen and oxygen atoms in total. The SMILES string of the molecule is Fc1cccc(C(Br)Oc2ccccc2)c1. The topological polar surface area (TPSA) is 9.23 Å². The zero-order chi connectivity index (χ0) is 11.4. The van der Waals surface area contributed by atoms with E-state index in [0.717, 1.165) is 11.3 Å². The van der Waals surface area contributed by atoms with E-state index in [2.05, 4.69) is 15.9 Å². The lowest BCUT2D eigenvalue weighted by Crippen LogP contribution is -1.99. The molecule has 0 aliphatic carbocycles. The van der Waals surface area contributed by atoms with Crippen molar-refractivity contribution in [3.63, 3.8) is 0 Å². The van der Waals surface area contributed by atoms with Crippen LogP contribution in [0.4, 0.5) is 4.39 Å². The Morgan fingerprint density at radius 3 is 2.44 bits per heavy atom. The Morgan fingerprint density at radius 1 is 1.00 bits per heavy atom. The van der Waals surface area contributed by atoms with E-state index in [4.69, 9.17) is 4.74 Å². The lowest BCUT2D eigenvalue weighted by Gasteiger charge is -2.13. The van der Waals surface area contributed by atoms with Crippen molar-refractivity contribution in [1.29, 1.82) is 0 Å². The number of para-hydroxylation sites is 1. The van der Waals surface area contributed by atoms with E-state index in [1.807, 2.05) is 36.4 Å². The summed E-state index contributed by atoms with van der Waals surface area (Å²) in [6.07, 6.45) is 0. The minimum Gasteiger partial charge on any atom is -0.474 e. The van der Waals surface area contributed by atoms with E-state index in [0.29, 0.717) is 0 Å². The maximum absolute atomic E-state index is 13.0. The quantitative estimate of drug-likeness (QED) is 0.762. The van der Waals surface area contributed by atoms with Gasteiger partial charge in [0, 0.05) is 5.56 Å². The highest BCUT2D eigenvalue weighted by atomic mass is 79.9. The minimum absolute atomic E-state index is 0.265. The highest BCUT2D eigenvalue weighted by Gasteiger charge is 2.09. The maximum Gasteiger partial charge on any atom is 0.178 e. The molecule has 3 heteroatoms. The van der Waals surface area contributed by atoms with Crippen molar-refractivity contribution in [3.05, 3.63) is 66.0 Å². The Bertz CT molecular complexity index is 458. The van der Waals surface area contributed by atoms with E-state index in [-0.39, 0.29) is 10.8 Å². The first-order valence-corrected chi connectivity index (χ1v) is 5.78. The van der Waals surface area contributed by atoms with Crippen LogP contribution in [0.3, 0.4) is 0 Å². The number of benzene rings is 2. The third kappa shape index (κ3) is 2.83. The molecule has 2 rings (SSSR count). The molecule has 0 heterocycles. The van der Waals surface area contributed by atoms with Gasteiger partial charge in [-0.25, -0.2) is 4.39 Å². The molecule has 0 aliphatic rings. The first-order valence-electron chi connectivity index (χ1n) is 4.87. The molecule has 0 aromatic heterocycles. The van der Waals surface area contributed by atoms with Crippen molar-refractivity contribution < 1.29 is 9.13 Å². The fourth-order valence-electron chi connectivity index (χ4n) is 1.33. The number of halogens is 2. The van der Waals surface area contributed by atoms with Crippen LogP contribution in [0.5, 0.6) is 5.75 Å². The first-order chi connectivity index (χ1) is 7.75. The van der Waals surface area contributed by atoms with E-state index in [1.54, 1.807) is 6.07 Å². The van der Waals surface area contributed by atoms with Gasteiger partial charge in [0.25, 0.3) is 0 Å². The summed E-state index contributed by atoms with van der Waals surface area (Å²) in [5, 5.41) is -0.342. The van der Waals surface area contributed by atoms with Gasteiger partial charge in [0.2, 0.25) is 0 Å². The number of alkyl halides is 1. The van der Waals surface area contributed by atoms with Crippen LogP contribution in [0.1, 0.15) is 10.6 Å². The molecule has 2 aromatic carbocycles. The number of hydrogen-bond donors (Lipinski definition) is 0. The van der Waals surface area contributed by atoms with Gasteiger partial charge in [0.1, 0.15) is 11.6 Å². The summed E-state index contributed by atoms with van der Waals surface area (Å²) in [6.45, 7) is 0. The summed E-state index contributed by atoms with van der Waals surface area (Å²) in [6, 6.07) is 15.7. The maximum atomic E-state index is 13.0. The second-order valence-electron chi connectivity index (χ2n) is 3.30. The van der Waals surface area contributed by atoms with Crippen molar-refractivity contribution in [2.24, 2.45) is 0 Å². The zero-order valence-corrected chi connectivity index (χ0v) is 10.0. The van der Waals surface area contributed by atoms with E-state index < -0.39 is 0 Å². The average molecular weight is 281 g/mol. The third-order valence-electron chi connectivity index (χ3n) is 2.09. The van der Waals surface area contributed by atoms with Gasteiger partial charge in [-0.2, -0.15) is 0 Å². The summed E-state index contributed by atoms with van der Waals surface area (Å²) in [5.74, 6) is 0.479. The summed E-state index contributed by atoms with van der Waals surface area (Å²) < 4.78 is 18.6. The van der Waals surface area contributed by atoms with Crippen LogP contribution in [0, 0.1) is 5.82 Å². The van der Waals surface area contributed by atoms with Crippen LogP contribution in [-0.4, -0.2) is 0 Å². The summed E-state index contributed by atoms with van der Waals surface area (Å²) >= 11 is 3.37. The Balaban J connectivity index is 2.12. The second kappa shape index (κ2) is 5.12. The Labute approximate surface area is 102 Å². The van der Waals surface area contributed by atoms with Crippen LogP contribution < -0.4 is 4.74 Å². The van der Waals surface area contributed by atoms with Gasteiger partial charge in [-0.15, -0.1) is 0 Å². The largest absolute Gasteiger partial charge is 0.474 e. The number of ether oxygens (including phenoxy) is 1. The normalized spacial score (nSPS) is 12.1. The molecule has 0 fully saturated rings. The number of hydrogen-bond acceptors (Lipinski definition) is 1.